The van der Waals surface area contributed by atoms with Gasteiger partial charge in [0.05, 0.1) is 12.2 Å². The van der Waals surface area contributed by atoms with Crippen LogP contribution < -0.4 is 9.47 Å². The lowest BCUT2D eigenvalue weighted by Gasteiger charge is -2.26. The minimum Gasteiger partial charge on any atom is -0.480 e. The van der Waals surface area contributed by atoms with Crippen LogP contribution in [-0.4, -0.2) is 30.0 Å². The molecule has 0 saturated carbocycles. The molecule has 0 bridgehead atoms. The van der Waals surface area contributed by atoms with E-state index in [2.05, 4.69) is 0 Å². The fraction of sp³-hybridized carbons (Fsp3) is 0.371. The van der Waals surface area contributed by atoms with Crippen LogP contribution in [0.2, 0.25) is 0 Å². The van der Waals surface area contributed by atoms with Crippen molar-refractivity contribution in [3.05, 3.63) is 83.9 Å². The van der Waals surface area contributed by atoms with Crippen LogP contribution >= 0.6 is 22.7 Å². The number of halogens is 6. The van der Waals surface area contributed by atoms with Crippen molar-refractivity contribution in [2.75, 3.05) is 0 Å². The molecule has 2 nitrogen and oxygen atoms in total. The number of benzene rings is 2. The molecule has 0 aliphatic heterocycles. The van der Waals surface area contributed by atoms with Crippen LogP contribution in [0.5, 0.6) is 10.1 Å². The van der Waals surface area contributed by atoms with E-state index in [4.69, 9.17) is 9.47 Å². The van der Waals surface area contributed by atoms with Gasteiger partial charge in [0.25, 0.3) is 0 Å². The summed E-state index contributed by atoms with van der Waals surface area (Å²) in [6, 6.07) is 20.0. The highest BCUT2D eigenvalue weighted by atomic mass is 32.1. The molecule has 2 aromatic heterocycles. The number of allylic oxidation sites excluding steroid dienone is 2. The van der Waals surface area contributed by atoms with Crippen LogP contribution in [0.4, 0.5) is 26.3 Å². The molecule has 4 aromatic rings. The van der Waals surface area contributed by atoms with Crippen molar-refractivity contribution < 1.29 is 35.8 Å². The van der Waals surface area contributed by atoms with Gasteiger partial charge in [-0.15, -0.1) is 0 Å². The zero-order chi connectivity index (χ0) is 32.6. The van der Waals surface area contributed by atoms with Gasteiger partial charge in [-0.2, -0.15) is 26.3 Å². The molecule has 0 spiro atoms. The summed E-state index contributed by atoms with van der Waals surface area (Å²) < 4.78 is 107. The van der Waals surface area contributed by atoms with Crippen molar-refractivity contribution in [1.82, 2.24) is 0 Å². The minimum atomic E-state index is -5.72. The summed E-state index contributed by atoms with van der Waals surface area (Å²) in [5.74, 6) is -16.2. The first-order valence-electron chi connectivity index (χ1n) is 15.0. The Bertz CT molecular complexity index is 1520. The lowest BCUT2D eigenvalue weighted by molar-refractivity contribution is -0.254. The topological polar surface area (TPSA) is 18.5 Å². The Kier molecular flexibility index (Phi) is 9.48. The van der Waals surface area contributed by atoms with Crippen LogP contribution in [0.1, 0.15) is 64.5 Å². The SMILES string of the molecule is CCC(CC)Oc1sc(-c2ccccc2)cc1C1=C(c2cc(-c3ccccc3)sc2OC(CC)CC)C(F)(F)C(F)(F)C1(F)F. The normalized spacial score (nSPS) is 17.0. The highest BCUT2D eigenvalue weighted by molar-refractivity contribution is 7.18. The maximum Gasteiger partial charge on any atom is 0.380 e. The Morgan fingerprint density at radius 3 is 1.20 bits per heavy atom. The Morgan fingerprint density at radius 2 is 0.889 bits per heavy atom. The zero-order valence-corrected chi connectivity index (χ0v) is 26.9. The predicted octanol–water partition coefficient (Wildman–Crippen LogP) is 12.1. The predicted molar refractivity (Wildman–Crippen MR) is 171 cm³/mol. The average Bonchev–Trinajstić information content (AvgIpc) is 3.67. The molecule has 0 unspecified atom stereocenters. The molecular formula is C35H34F6O2S2. The van der Waals surface area contributed by atoms with Crippen LogP contribution in [-0.2, 0) is 0 Å². The fourth-order valence-corrected chi connectivity index (χ4v) is 7.58. The molecule has 5 rings (SSSR count). The third-order valence-corrected chi connectivity index (χ3v) is 10.2. The van der Waals surface area contributed by atoms with Crippen molar-refractivity contribution in [3.63, 3.8) is 0 Å². The van der Waals surface area contributed by atoms with Crippen molar-refractivity contribution in [2.24, 2.45) is 0 Å². The molecule has 0 fully saturated rings. The monoisotopic (exact) mass is 664 g/mol. The molecule has 1 aliphatic rings. The fourth-order valence-electron chi connectivity index (χ4n) is 5.41. The highest BCUT2D eigenvalue weighted by Crippen LogP contribution is 2.67. The van der Waals surface area contributed by atoms with Crippen LogP contribution in [0.25, 0.3) is 32.0 Å². The van der Waals surface area contributed by atoms with Crippen molar-refractivity contribution in [2.45, 2.75) is 83.4 Å². The highest BCUT2D eigenvalue weighted by Gasteiger charge is 2.80. The lowest BCUT2D eigenvalue weighted by Crippen LogP contribution is -2.48. The second-order valence-electron chi connectivity index (χ2n) is 10.9. The summed E-state index contributed by atoms with van der Waals surface area (Å²) in [6.45, 7) is 7.37. The zero-order valence-electron chi connectivity index (χ0n) is 25.3. The van der Waals surface area contributed by atoms with E-state index in [9.17, 15) is 0 Å². The molecule has 0 N–H and O–H groups in total. The van der Waals surface area contributed by atoms with Gasteiger partial charge in [-0.3, -0.25) is 0 Å². The number of rotatable bonds is 12. The maximum atomic E-state index is 16.1. The van der Waals surface area contributed by atoms with Crippen molar-refractivity contribution in [3.8, 4) is 31.0 Å². The van der Waals surface area contributed by atoms with Gasteiger partial charge >= 0.3 is 17.8 Å². The van der Waals surface area contributed by atoms with E-state index in [0.717, 1.165) is 22.7 Å². The molecule has 2 aromatic carbocycles. The average molecular weight is 665 g/mol. The Hall–Kier alpha value is -3.24. The summed E-state index contributed by atoms with van der Waals surface area (Å²) in [5.41, 5.74) is -2.59. The summed E-state index contributed by atoms with van der Waals surface area (Å²) in [5, 5.41) is -0.214. The number of thiophene rings is 2. The number of hydrogen-bond acceptors (Lipinski definition) is 4. The summed E-state index contributed by atoms with van der Waals surface area (Å²) >= 11 is 1.95. The first-order valence-corrected chi connectivity index (χ1v) is 16.7. The molecule has 10 heteroatoms. The smallest absolute Gasteiger partial charge is 0.380 e. The van der Waals surface area contributed by atoms with Gasteiger partial charge in [-0.25, -0.2) is 0 Å². The van der Waals surface area contributed by atoms with E-state index in [-0.39, 0.29) is 10.1 Å². The second kappa shape index (κ2) is 12.9. The molecular weight excluding hydrogens is 631 g/mol. The molecule has 2 heterocycles. The third-order valence-electron chi connectivity index (χ3n) is 8.09. The molecule has 1 aliphatic carbocycles. The van der Waals surface area contributed by atoms with E-state index in [0.29, 0.717) is 46.6 Å². The molecule has 0 atom stereocenters. The quantitative estimate of drug-likeness (QED) is 0.140. The lowest BCUT2D eigenvalue weighted by atomic mass is 9.96. The maximum absolute atomic E-state index is 16.1. The van der Waals surface area contributed by atoms with E-state index in [1.165, 1.54) is 12.1 Å². The van der Waals surface area contributed by atoms with Gasteiger partial charge in [0.1, 0.15) is 0 Å². The summed E-state index contributed by atoms with van der Waals surface area (Å²) in [7, 11) is 0. The van der Waals surface area contributed by atoms with Gasteiger partial charge < -0.3 is 9.47 Å². The van der Waals surface area contributed by atoms with Crippen molar-refractivity contribution in [1.29, 1.82) is 0 Å². The Morgan fingerprint density at radius 1 is 0.556 bits per heavy atom. The van der Waals surface area contributed by atoms with Crippen molar-refractivity contribution >= 4 is 33.8 Å². The summed E-state index contributed by atoms with van der Waals surface area (Å²) in [6.07, 6.45) is 1.13. The van der Waals surface area contributed by atoms with Gasteiger partial charge in [-0.05, 0) is 48.9 Å². The van der Waals surface area contributed by atoms with E-state index in [1.54, 1.807) is 60.7 Å². The van der Waals surface area contributed by atoms with Gasteiger partial charge in [0, 0.05) is 32.0 Å². The van der Waals surface area contributed by atoms with E-state index >= 15 is 26.3 Å². The molecule has 0 saturated heterocycles. The number of hydrogen-bond donors (Lipinski definition) is 0. The van der Waals surface area contributed by atoms with Crippen LogP contribution in [0, 0.1) is 0 Å². The van der Waals surface area contributed by atoms with Crippen LogP contribution in [0.15, 0.2) is 72.8 Å². The molecule has 45 heavy (non-hydrogen) atoms. The van der Waals surface area contributed by atoms with E-state index < -0.39 is 52.2 Å². The number of alkyl halides is 6. The standard InChI is InChI=1S/C35H34F6O2S2/c1-5-23(6-2)42-31-25(19-27(44-31)21-15-11-9-12-16-21)29-30(34(38,39)35(40,41)33(29,36)37)26-20-28(22-17-13-10-14-18-22)45-32(26)43-24(7-3)8-4/h9-20,23-24H,5-8H2,1-4H3. The van der Waals surface area contributed by atoms with Gasteiger partial charge in [0.2, 0.25) is 0 Å². The third kappa shape index (κ3) is 5.80. The molecule has 240 valence electrons. The summed E-state index contributed by atoms with van der Waals surface area (Å²) in [4.78, 5) is 0.855. The van der Waals surface area contributed by atoms with Gasteiger partial charge in [0.15, 0.2) is 10.1 Å². The Labute approximate surface area is 267 Å². The van der Waals surface area contributed by atoms with E-state index in [1.807, 2.05) is 27.7 Å². The number of ether oxygens (including phenoxy) is 2. The second-order valence-corrected chi connectivity index (χ2v) is 13.0. The largest absolute Gasteiger partial charge is 0.480 e. The first kappa shape index (κ1) is 33.1. The molecule has 0 radical (unpaired) electrons. The van der Waals surface area contributed by atoms with Crippen LogP contribution in [0.3, 0.4) is 0 Å². The molecule has 0 amide bonds. The first-order chi connectivity index (χ1) is 21.4. The van der Waals surface area contributed by atoms with Gasteiger partial charge in [-0.1, -0.05) is 111 Å². The Balaban J connectivity index is 1.84. The minimum absolute atomic E-state index is 0.107.